The Kier molecular flexibility index (Phi) is 4.77. The second kappa shape index (κ2) is 7.15. The van der Waals surface area contributed by atoms with Gasteiger partial charge in [0, 0.05) is 12.7 Å². The van der Waals surface area contributed by atoms with Gasteiger partial charge in [0.1, 0.15) is 17.5 Å². The number of benzene rings is 1. The summed E-state index contributed by atoms with van der Waals surface area (Å²) in [5.41, 5.74) is 1.33. The molecule has 128 valence electrons. The van der Waals surface area contributed by atoms with E-state index in [0.29, 0.717) is 22.7 Å². The van der Waals surface area contributed by atoms with E-state index < -0.39 is 12.7 Å². The van der Waals surface area contributed by atoms with Crippen molar-refractivity contribution in [3.63, 3.8) is 0 Å². The van der Waals surface area contributed by atoms with Crippen LogP contribution in [0, 0.1) is 11.3 Å². The molecule has 3 aromatic rings. The summed E-state index contributed by atoms with van der Waals surface area (Å²) >= 11 is 0. The lowest BCUT2D eigenvalue weighted by Crippen LogP contribution is -2.13. The van der Waals surface area contributed by atoms with Gasteiger partial charge in [-0.2, -0.15) is 14.0 Å². The van der Waals surface area contributed by atoms with Crippen molar-refractivity contribution in [3.8, 4) is 11.8 Å². The standard InChI is InChI=1S/C17H14F2N4O2/c18-17(19)25-12-5-3-4-11(8-12)14(24)10-21-16-13(9-20)23-7-2-1-6-15(23)22-16/h1-8,14,17,21,24H,10H2/t14-/m1/s1. The van der Waals surface area contributed by atoms with E-state index in [1.54, 1.807) is 34.9 Å². The van der Waals surface area contributed by atoms with Gasteiger partial charge in [0.25, 0.3) is 0 Å². The van der Waals surface area contributed by atoms with Crippen LogP contribution in [0.1, 0.15) is 17.4 Å². The number of pyridine rings is 1. The Morgan fingerprint density at radius 1 is 1.28 bits per heavy atom. The van der Waals surface area contributed by atoms with Crippen LogP contribution in [0.15, 0.2) is 48.7 Å². The Morgan fingerprint density at radius 2 is 2.12 bits per heavy atom. The van der Waals surface area contributed by atoms with Gasteiger partial charge in [-0.05, 0) is 29.8 Å². The molecule has 0 aliphatic carbocycles. The van der Waals surface area contributed by atoms with E-state index in [-0.39, 0.29) is 12.3 Å². The van der Waals surface area contributed by atoms with E-state index in [2.05, 4.69) is 21.1 Å². The third-order valence-corrected chi connectivity index (χ3v) is 3.57. The van der Waals surface area contributed by atoms with Crippen molar-refractivity contribution in [1.29, 1.82) is 5.26 Å². The molecule has 0 unspecified atom stereocenters. The number of hydrogen-bond donors (Lipinski definition) is 2. The largest absolute Gasteiger partial charge is 0.435 e. The van der Waals surface area contributed by atoms with E-state index in [0.717, 1.165) is 0 Å². The molecule has 1 aromatic carbocycles. The highest BCUT2D eigenvalue weighted by molar-refractivity contribution is 5.59. The molecule has 2 N–H and O–H groups in total. The molecule has 1 atom stereocenters. The zero-order valence-corrected chi connectivity index (χ0v) is 12.9. The van der Waals surface area contributed by atoms with Crippen LogP contribution in [0.5, 0.6) is 5.75 Å². The number of imidazole rings is 1. The average Bonchev–Trinajstić information content (AvgIpc) is 2.96. The van der Waals surface area contributed by atoms with E-state index >= 15 is 0 Å². The SMILES string of the molecule is N#Cc1c(NC[C@@H](O)c2cccc(OC(F)F)c2)nc2ccccn12. The normalized spacial score (nSPS) is 12.1. The van der Waals surface area contributed by atoms with Crippen LogP contribution < -0.4 is 10.1 Å². The van der Waals surface area contributed by atoms with Crippen LogP contribution >= 0.6 is 0 Å². The number of aliphatic hydroxyl groups excluding tert-OH is 1. The monoisotopic (exact) mass is 344 g/mol. The van der Waals surface area contributed by atoms with Crippen molar-refractivity contribution in [2.45, 2.75) is 12.7 Å². The number of nitrogens with one attached hydrogen (secondary N) is 1. The minimum atomic E-state index is -2.93. The van der Waals surface area contributed by atoms with E-state index in [1.165, 1.54) is 18.2 Å². The first-order valence-electron chi connectivity index (χ1n) is 7.42. The molecule has 3 rings (SSSR count). The van der Waals surface area contributed by atoms with Crippen molar-refractivity contribution in [2.75, 3.05) is 11.9 Å². The minimum Gasteiger partial charge on any atom is -0.435 e. The fourth-order valence-corrected chi connectivity index (χ4v) is 2.44. The number of aliphatic hydroxyl groups is 1. The van der Waals surface area contributed by atoms with E-state index in [1.807, 2.05) is 0 Å². The fraction of sp³-hybridized carbons (Fsp3) is 0.176. The molecule has 0 radical (unpaired) electrons. The molecule has 6 nitrogen and oxygen atoms in total. The number of alkyl halides is 2. The smallest absolute Gasteiger partial charge is 0.387 e. The number of anilines is 1. The van der Waals surface area contributed by atoms with Gasteiger partial charge in [0.15, 0.2) is 11.5 Å². The third kappa shape index (κ3) is 3.67. The van der Waals surface area contributed by atoms with Gasteiger partial charge in [0.05, 0.1) is 6.10 Å². The van der Waals surface area contributed by atoms with Crippen molar-refractivity contribution < 1.29 is 18.6 Å². The van der Waals surface area contributed by atoms with E-state index in [9.17, 15) is 19.1 Å². The van der Waals surface area contributed by atoms with Gasteiger partial charge >= 0.3 is 6.61 Å². The first-order valence-corrected chi connectivity index (χ1v) is 7.42. The minimum absolute atomic E-state index is 0.0306. The number of fused-ring (bicyclic) bond motifs is 1. The molecular formula is C17H14F2N4O2. The fourth-order valence-electron chi connectivity index (χ4n) is 2.44. The predicted molar refractivity (Wildman–Crippen MR) is 86.4 cm³/mol. The molecule has 0 aliphatic heterocycles. The summed E-state index contributed by atoms with van der Waals surface area (Å²) in [6.45, 7) is -2.88. The van der Waals surface area contributed by atoms with Gasteiger partial charge in [0.2, 0.25) is 0 Å². The topological polar surface area (TPSA) is 82.6 Å². The highest BCUT2D eigenvalue weighted by atomic mass is 19.3. The maximum absolute atomic E-state index is 12.3. The van der Waals surface area contributed by atoms with Crippen LogP contribution in [0.4, 0.5) is 14.6 Å². The quantitative estimate of drug-likeness (QED) is 0.718. The Morgan fingerprint density at radius 3 is 2.88 bits per heavy atom. The summed E-state index contributed by atoms with van der Waals surface area (Å²) in [5, 5.41) is 22.5. The Labute approximate surface area is 141 Å². The summed E-state index contributed by atoms with van der Waals surface area (Å²) in [6, 6.07) is 13.2. The lowest BCUT2D eigenvalue weighted by atomic mass is 10.1. The number of aromatic nitrogens is 2. The molecule has 0 bridgehead atoms. The number of halogens is 2. The zero-order chi connectivity index (χ0) is 17.8. The molecule has 2 aromatic heterocycles. The van der Waals surface area contributed by atoms with Gasteiger partial charge in [-0.3, -0.25) is 4.40 Å². The molecule has 8 heteroatoms. The second-order valence-electron chi connectivity index (χ2n) is 5.20. The highest BCUT2D eigenvalue weighted by Gasteiger charge is 2.14. The molecule has 0 saturated carbocycles. The van der Waals surface area contributed by atoms with Gasteiger partial charge in [-0.1, -0.05) is 18.2 Å². The molecule has 0 saturated heterocycles. The van der Waals surface area contributed by atoms with Crippen molar-refractivity contribution in [1.82, 2.24) is 9.38 Å². The number of nitrogens with zero attached hydrogens (tertiary/aromatic N) is 3. The molecule has 0 aliphatic rings. The average molecular weight is 344 g/mol. The molecule has 25 heavy (non-hydrogen) atoms. The predicted octanol–water partition coefficient (Wildman–Crippen LogP) is 2.95. The van der Waals surface area contributed by atoms with E-state index in [4.69, 9.17) is 0 Å². The van der Waals surface area contributed by atoms with Crippen LogP contribution in [0.2, 0.25) is 0 Å². The Balaban J connectivity index is 1.75. The van der Waals surface area contributed by atoms with Gasteiger partial charge < -0.3 is 15.2 Å². The van der Waals surface area contributed by atoms with Crippen molar-refractivity contribution >= 4 is 11.5 Å². The first-order chi connectivity index (χ1) is 12.1. The molecular weight excluding hydrogens is 330 g/mol. The summed E-state index contributed by atoms with van der Waals surface area (Å²) < 4.78 is 30.5. The maximum atomic E-state index is 12.3. The van der Waals surface area contributed by atoms with Gasteiger partial charge in [-0.15, -0.1) is 0 Å². The van der Waals surface area contributed by atoms with Gasteiger partial charge in [-0.25, -0.2) is 4.98 Å². The lowest BCUT2D eigenvalue weighted by molar-refractivity contribution is -0.0499. The third-order valence-electron chi connectivity index (χ3n) is 3.57. The number of hydrogen-bond acceptors (Lipinski definition) is 5. The maximum Gasteiger partial charge on any atom is 0.387 e. The van der Waals surface area contributed by atoms with Crippen LogP contribution in [-0.2, 0) is 0 Å². The van der Waals surface area contributed by atoms with Crippen molar-refractivity contribution in [3.05, 3.63) is 59.9 Å². The highest BCUT2D eigenvalue weighted by Crippen LogP contribution is 2.22. The summed E-state index contributed by atoms with van der Waals surface area (Å²) in [5.74, 6) is 0.310. The van der Waals surface area contributed by atoms with Crippen LogP contribution in [0.3, 0.4) is 0 Å². The molecule has 0 fully saturated rings. The molecule has 0 amide bonds. The second-order valence-corrected chi connectivity index (χ2v) is 5.20. The summed E-state index contributed by atoms with van der Waals surface area (Å²) in [4.78, 5) is 4.30. The number of ether oxygens (including phenoxy) is 1. The summed E-state index contributed by atoms with van der Waals surface area (Å²) in [7, 11) is 0. The summed E-state index contributed by atoms with van der Waals surface area (Å²) in [6.07, 6.45) is 0.728. The Hall–Kier alpha value is -3.18. The lowest BCUT2D eigenvalue weighted by Gasteiger charge is -2.13. The van der Waals surface area contributed by atoms with Crippen molar-refractivity contribution in [2.24, 2.45) is 0 Å². The van der Waals surface area contributed by atoms with Crippen LogP contribution in [-0.4, -0.2) is 27.6 Å². The first kappa shape index (κ1) is 16.7. The molecule has 2 heterocycles. The number of rotatable bonds is 6. The number of nitriles is 1. The zero-order valence-electron chi connectivity index (χ0n) is 12.9. The molecule has 0 spiro atoms. The Bertz CT molecular complexity index is 920. The van der Waals surface area contributed by atoms with Crippen LogP contribution in [0.25, 0.3) is 5.65 Å².